The van der Waals surface area contributed by atoms with Gasteiger partial charge < -0.3 is 4.74 Å². The van der Waals surface area contributed by atoms with Gasteiger partial charge in [-0.25, -0.2) is 0 Å². The van der Waals surface area contributed by atoms with Gasteiger partial charge in [-0.2, -0.15) is 0 Å². The molecule has 0 amide bonds. The van der Waals surface area contributed by atoms with Crippen molar-refractivity contribution in [3.63, 3.8) is 0 Å². The molecule has 1 aromatic carbocycles. The van der Waals surface area contributed by atoms with Crippen molar-refractivity contribution in [2.45, 2.75) is 25.4 Å². The molecular formula is C15H16O2S. The van der Waals surface area contributed by atoms with Gasteiger partial charge in [0.1, 0.15) is 6.10 Å². The van der Waals surface area contributed by atoms with Gasteiger partial charge in [-0.15, -0.1) is 11.3 Å². The van der Waals surface area contributed by atoms with E-state index < -0.39 is 0 Å². The van der Waals surface area contributed by atoms with Crippen LogP contribution in [0.1, 0.15) is 18.4 Å². The Morgan fingerprint density at radius 3 is 2.94 bits per heavy atom. The van der Waals surface area contributed by atoms with Crippen LogP contribution in [0.3, 0.4) is 0 Å². The first kappa shape index (κ1) is 11.9. The van der Waals surface area contributed by atoms with Crippen molar-refractivity contribution in [1.82, 2.24) is 0 Å². The van der Waals surface area contributed by atoms with E-state index in [1.165, 1.54) is 10.1 Å². The number of rotatable bonds is 5. The Balaban J connectivity index is 1.81. The van der Waals surface area contributed by atoms with Gasteiger partial charge in [-0.3, -0.25) is 4.79 Å². The lowest BCUT2D eigenvalue weighted by Gasteiger charge is -2.12. The Morgan fingerprint density at radius 2 is 2.22 bits per heavy atom. The molecule has 1 unspecified atom stereocenters. The van der Waals surface area contributed by atoms with E-state index in [0.29, 0.717) is 12.3 Å². The summed E-state index contributed by atoms with van der Waals surface area (Å²) in [5.41, 5.74) is 1.14. The van der Waals surface area contributed by atoms with Crippen LogP contribution in [0.2, 0.25) is 0 Å². The first-order valence-corrected chi connectivity index (χ1v) is 7.18. The maximum Gasteiger partial charge on any atom is 0.166 e. The van der Waals surface area contributed by atoms with Crippen LogP contribution >= 0.6 is 11.3 Å². The SMILES string of the molecule is COC(C(=O)Cc1csc2ccccc12)C1CC1. The fraction of sp³-hybridized carbons (Fsp3) is 0.400. The lowest BCUT2D eigenvalue weighted by atomic mass is 10.0. The van der Waals surface area contributed by atoms with Crippen molar-refractivity contribution < 1.29 is 9.53 Å². The maximum atomic E-state index is 12.2. The predicted molar refractivity (Wildman–Crippen MR) is 74.1 cm³/mol. The molecule has 1 saturated carbocycles. The smallest absolute Gasteiger partial charge is 0.166 e. The summed E-state index contributed by atoms with van der Waals surface area (Å²) in [7, 11) is 1.65. The molecule has 0 radical (unpaired) electrons. The van der Waals surface area contributed by atoms with Crippen molar-refractivity contribution >= 4 is 27.2 Å². The van der Waals surface area contributed by atoms with Gasteiger partial charge in [0, 0.05) is 18.2 Å². The van der Waals surface area contributed by atoms with Crippen LogP contribution in [-0.2, 0) is 16.0 Å². The predicted octanol–water partition coefficient (Wildman–Crippen LogP) is 3.44. The molecule has 0 bridgehead atoms. The van der Waals surface area contributed by atoms with E-state index in [0.717, 1.165) is 18.4 Å². The Hall–Kier alpha value is -1.19. The van der Waals surface area contributed by atoms with Gasteiger partial charge in [0.25, 0.3) is 0 Å². The highest BCUT2D eigenvalue weighted by atomic mass is 32.1. The van der Waals surface area contributed by atoms with E-state index in [-0.39, 0.29) is 11.9 Å². The number of carbonyl (C=O) groups is 1. The Kier molecular flexibility index (Phi) is 3.18. The quantitative estimate of drug-likeness (QED) is 0.823. The summed E-state index contributed by atoms with van der Waals surface area (Å²) in [5.74, 6) is 0.691. The van der Waals surface area contributed by atoms with E-state index in [2.05, 4.69) is 17.5 Å². The fourth-order valence-electron chi connectivity index (χ4n) is 2.44. The maximum absolute atomic E-state index is 12.2. The highest BCUT2D eigenvalue weighted by molar-refractivity contribution is 7.17. The van der Waals surface area contributed by atoms with Crippen molar-refractivity contribution in [3.05, 3.63) is 35.2 Å². The molecule has 3 rings (SSSR count). The zero-order valence-corrected chi connectivity index (χ0v) is 11.2. The molecule has 1 atom stereocenters. The topological polar surface area (TPSA) is 26.3 Å². The van der Waals surface area contributed by atoms with Crippen LogP contribution in [0.4, 0.5) is 0 Å². The number of methoxy groups -OCH3 is 1. The second-order valence-corrected chi connectivity index (χ2v) is 5.81. The molecule has 1 heterocycles. The minimum Gasteiger partial charge on any atom is -0.373 e. The van der Waals surface area contributed by atoms with E-state index in [1.54, 1.807) is 18.4 Å². The molecule has 1 aromatic heterocycles. The molecule has 18 heavy (non-hydrogen) atoms. The number of hydrogen-bond donors (Lipinski definition) is 0. The van der Waals surface area contributed by atoms with E-state index in [9.17, 15) is 4.79 Å². The molecule has 0 saturated heterocycles. The number of hydrogen-bond acceptors (Lipinski definition) is 3. The normalized spacial score (nSPS) is 16.9. The zero-order chi connectivity index (χ0) is 12.5. The van der Waals surface area contributed by atoms with Gasteiger partial charge in [-0.1, -0.05) is 18.2 Å². The second kappa shape index (κ2) is 4.82. The summed E-state index contributed by atoms with van der Waals surface area (Å²) in [5, 5.41) is 3.31. The average molecular weight is 260 g/mol. The number of ketones is 1. The monoisotopic (exact) mass is 260 g/mol. The number of thiophene rings is 1. The van der Waals surface area contributed by atoms with Gasteiger partial charge in [0.15, 0.2) is 5.78 Å². The third-order valence-corrected chi connectivity index (χ3v) is 4.56. The van der Waals surface area contributed by atoms with Crippen LogP contribution in [0.15, 0.2) is 29.6 Å². The Bertz CT molecular complexity index is 569. The largest absolute Gasteiger partial charge is 0.373 e. The Labute approximate surface area is 111 Å². The number of benzene rings is 1. The van der Waals surface area contributed by atoms with Crippen LogP contribution in [0, 0.1) is 5.92 Å². The number of fused-ring (bicyclic) bond motifs is 1. The van der Waals surface area contributed by atoms with Gasteiger partial charge >= 0.3 is 0 Å². The minimum absolute atomic E-state index is 0.191. The lowest BCUT2D eigenvalue weighted by molar-refractivity contribution is -0.129. The molecule has 3 heteroatoms. The van der Waals surface area contributed by atoms with Crippen molar-refractivity contribution in [3.8, 4) is 0 Å². The molecule has 94 valence electrons. The fourth-order valence-corrected chi connectivity index (χ4v) is 3.41. The van der Waals surface area contributed by atoms with Crippen LogP contribution < -0.4 is 0 Å². The zero-order valence-electron chi connectivity index (χ0n) is 10.4. The van der Waals surface area contributed by atoms with Gasteiger partial charge in [-0.05, 0) is 41.2 Å². The van der Waals surface area contributed by atoms with Crippen molar-refractivity contribution in [2.75, 3.05) is 7.11 Å². The number of carbonyl (C=O) groups excluding carboxylic acids is 1. The highest BCUT2D eigenvalue weighted by Gasteiger charge is 2.36. The molecule has 1 fully saturated rings. The van der Waals surface area contributed by atoms with Crippen molar-refractivity contribution in [1.29, 1.82) is 0 Å². The molecule has 1 aliphatic carbocycles. The summed E-state index contributed by atoms with van der Waals surface area (Å²) in [6.45, 7) is 0. The summed E-state index contributed by atoms with van der Waals surface area (Å²) in [6, 6.07) is 8.25. The van der Waals surface area contributed by atoms with E-state index in [4.69, 9.17) is 4.74 Å². The number of Topliss-reactive ketones (excluding diaryl/α,β-unsaturated/α-hetero) is 1. The van der Waals surface area contributed by atoms with Gasteiger partial charge in [0.05, 0.1) is 0 Å². The highest BCUT2D eigenvalue weighted by Crippen LogP contribution is 2.35. The van der Waals surface area contributed by atoms with Crippen LogP contribution in [-0.4, -0.2) is 19.0 Å². The average Bonchev–Trinajstić information content (AvgIpc) is 3.13. The molecule has 0 spiro atoms. The summed E-state index contributed by atoms with van der Waals surface area (Å²) in [4.78, 5) is 12.2. The lowest BCUT2D eigenvalue weighted by Crippen LogP contribution is -2.26. The van der Waals surface area contributed by atoms with Gasteiger partial charge in [0.2, 0.25) is 0 Å². The van der Waals surface area contributed by atoms with E-state index in [1.807, 2.05) is 12.1 Å². The molecular weight excluding hydrogens is 244 g/mol. The third-order valence-electron chi connectivity index (χ3n) is 3.55. The molecule has 2 nitrogen and oxygen atoms in total. The summed E-state index contributed by atoms with van der Waals surface area (Å²) >= 11 is 1.71. The minimum atomic E-state index is -0.191. The van der Waals surface area contributed by atoms with Crippen LogP contribution in [0.25, 0.3) is 10.1 Å². The Morgan fingerprint density at radius 1 is 1.44 bits per heavy atom. The standard InChI is InChI=1S/C15H16O2S/c1-17-15(10-6-7-10)13(16)8-11-9-18-14-5-3-2-4-12(11)14/h2-5,9-10,15H,6-8H2,1H3. The molecule has 0 N–H and O–H groups in total. The number of ether oxygens (including phenoxy) is 1. The molecule has 2 aromatic rings. The molecule has 0 aliphatic heterocycles. The summed E-state index contributed by atoms with van der Waals surface area (Å²) < 4.78 is 6.60. The van der Waals surface area contributed by atoms with Crippen molar-refractivity contribution in [2.24, 2.45) is 5.92 Å². The first-order valence-electron chi connectivity index (χ1n) is 6.30. The van der Waals surface area contributed by atoms with E-state index >= 15 is 0 Å². The third kappa shape index (κ3) is 2.20. The summed E-state index contributed by atoms with van der Waals surface area (Å²) in [6.07, 6.45) is 2.58. The second-order valence-electron chi connectivity index (χ2n) is 4.89. The molecule has 1 aliphatic rings. The first-order chi connectivity index (χ1) is 8.79. The van der Waals surface area contributed by atoms with Crippen LogP contribution in [0.5, 0.6) is 0 Å².